The summed E-state index contributed by atoms with van der Waals surface area (Å²) in [6.07, 6.45) is 1.50. The molecule has 3 aromatic rings. The van der Waals surface area contributed by atoms with Crippen molar-refractivity contribution in [2.45, 2.75) is 0 Å². The molecule has 0 spiro atoms. The molecule has 6 heteroatoms. The standard InChI is InChI=1S/C17H14N4O2/c18-16(22)17(23)21-19-10-13-12-8-4-5-9-14(12)20-15(13)11-6-2-1-3-7-11/h1-10,20H,(H2,18,22)(H,21,23)/b19-10+. The fourth-order valence-corrected chi connectivity index (χ4v) is 2.34. The summed E-state index contributed by atoms with van der Waals surface area (Å²) in [6, 6.07) is 17.5. The molecule has 0 aliphatic rings. The van der Waals surface area contributed by atoms with E-state index in [1.54, 1.807) is 0 Å². The van der Waals surface area contributed by atoms with E-state index in [4.69, 9.17) is 5.73 Å². The zero-order chi connectivity index (χ0) is 16.2. The van der Waals surface area contributed by atoms with Gasteiger partial charge in [-0.1, -0.05) is 48.5 Å². The maximum Gasteiger partial charge on any atom is 0.329 e. The molecule has 0 saturated carbocycles. The Morgan fingerprint density at radius 3 is 2.48 bits per heavy atom. The summed E-state index contributed by atoms with van der Waals surface area (Å²) in [5, 5.41) is 4.79. The Labute approximate surface area is 132 Å². The first-order chi connectivity index (χ1) is 11.2. The van der Waals surface area contributed by atoms with Crippen LogP contribution in [0.4, 0.5) is 0 Å². The summed E-state index contributed by atoms with van der Waals surface area (Å²) in [5.41, 5.74) is 10.6. The number of nitrogens with two attached hydrogens (primary N) is 1. The van der Waals surface area contributed by atoms with E-state index in [0.29, 0.717) is 0 Å². The molecule has 23 heavy (non-hydrogen) atoms. The van der Waals surface area contributed by atoms with Crippen LogP contribution in [0.25, 0.3) is 22.2 Å². The van der Waals surface area contributed by atoms with Gasteiger partial charge in [0.15, 0.2) is 0 Å². The number of fused-ring (bicyclic) bond motifs is 1. The van der Waals surface area contributed by atoms with Crippen LogP contribution in [-0.4, -0.2) is 23.0 Å². The van der Waals surface area contributed by atoms with Crippen molar-refractivity contribution < 1.29 is 9.59 Å². The monoisotopic (exact) mass is 306 g/mol. The number of hydrazone groups is 1. The minimum atomic E-state index is -1.08. The fourth-order valence-electron chi connectivity index (χ4n) is 2.34. The molecule has 2 amide bonds. The highest BCUT2D eigenvalue weighted by Crippen LogP contribution is 2.28. The smallest absolute Gasteiger partial charge is 0.329 e. The predicted octanol–water partition coefficient (Wildman–Crippen LogP) is 1.77. The second kappa shape index (κ2) is 6.15. The number of carbonyl (C=O) groups is 2. The average molecular weight is 306 g/mol. The molecule has 0 aliphatic heterocycles. The Hall–Kier alpha value is -3.41. The van der Waals surface area contributed by atoms with Gasteiger partial charge >= 0.3 is 11.8 Å². The van der Waals surface area contributed by atoms with Gasteiger partial charge in [-0.05, 0) is 11.6 Å². The molecule has 1 heterocycles. The molecule has 114 valence electrons. The number of primary amides is 1. The van der Waals surface area contributed by atoms with E-state index in [1.807, 2.05) is 54.6 Å². The molecule has 0 radical (unpaired) electrons. The molecular formula is C17H14N4O2. The highest BCUT2D eigenvalue weighted by molar-refractivity contribution is 6.34. The van der Waals surface area contributed by atoms with E-state index in [0.717, 1.165) is 27.7 Å². The van der Waals surface area contributed by atoms with Gasteiger partial charge in [0, 0.05) is 16.5 Å². The van der Waals surface area contributed by atoms with Gasteiger partial charge in [0.25, 0.3) is 0 Å². The van der Waals surface area contributed by atoms with Gasteiger partial charge in [0.2, 0.25) is 0 Å². The summed E-state index contributed by atoms with van der Waals surface area (Å²) < 4.78 is 0. The van der Waals surface area contributed by atoms with E-state index in [-0.39, 0.29) is 0 Å². The van der Waals surface area contributed by atoms with Gasteiger partial charge in [-0.3, -0.25) is 9.59 Å². The Morgan fingerprint density at radius 2 is 1.74 bits per heavy atom. The quantitative estimate of drug-likeness (QED) is 0.390. The van der Waals surface area contributed by atoms with Crippen molar-refractivity contribution >= 4 is 28.9 Å². The predicted molar refractivity (Wildman–Crippen MR) is 88.7 cm³/mol. The second-order valence-corrected chi connectivity index (χ2v) is 4.89. The number of hydrogen-bond donors (Lipinski definition) is 3. The van der Waals surface area contributed by atoms with Crippen LogP contribution in [0.5, 0.6) is 0 Å². The summed E-state index contributed by atoms with van der Waals surface area (Å²) in [5.74, 6) is -2.04. The van der Waals surface area contributed by atoms with Crippen LogP contribution in [0.3, 0.4) is 0 Å². The molecule has 0 aliphatic carbocycles. The molecule has 0 atom stereocenters. The van der Waals surface area contributed by atoms with E-state index >= 15 is 0 Å². The topological polar surface area (TPSA) is 100 Å². The minimum absolute atomic E-state index is 0.816. The van der Waals surface area contributed by atoms with Crippen molar-refractivity contribution in [1.29, 1.82) is 0 Å². The van der Waals surface area contributed by atoms with Crippen molar-refractivity contribution in [3.63, 3.8) is 0 Å². The van der Waals surface area contributed by atoms with Gasteiger partial charge in [-0.15, -0.1) is 0 Å². The normalized spacial score (nSPS) is 11.0. The number of para-hydroxylation sites is 1. The SMILES string of the molecule is NC(=O)C(=O)N/N=C/c1c(-c2ccccc2)[nH]c2ccccc12. The van der Waals surface area contributed by atoms with E-state index < -0.39 is 11.8 Å². The Morgan fingerprint density at radius 1 is 1.04 bits per heavy atom. The molecule has 4 N–H and O–H groups in total. The van der Waals surface area contributed by atoms with Crippen molar-refractivity contribution in [2.75, 3.05) is 0 Å². The first-order valence-electron chi connectivity index (χ1n) is 6.96. The van der Waals surface area contributed by atoms with Crippen LogP contribution in [0.2, 0.25) is 0 Å². The zero-order valence-electron chi connectivity index (χ0n) is 12.1. The summed E-state index contributed by atoms with van der Waals surface area (Å²) >= 11 is 0. The van der Waals surface area contributed by atoms with E-state index in [1.165, 1.54) is 6.21 Å². The Kier molecular flexibility index (Phi) is 3.88. The first-order valence-corrected chi connectivity index (χ1v) is 6.96. The summed E-state index contributed by atoms with van der Waals surface area (Å²) in [7, 11) is 0. The molecule has 0 bridgehead atoms. The van der Waals surface area contributed by atoms with Gasteiger partial charge in [0.05, 0.1) is 11.9 Å². The molecule has 6 nitrogen and oxygen atoms in total. The molecule has 2 aromatic carbocycles. The Bertz CT molecular complexity index is 897. The summed E-state index contributed by atoms with van der Waals surface area (Å²) in [6.45, 7) is 0. The van der Waals surface area contributed by atoms with Crippen LogP contribution in [0.1, 0.15) is 5.56 Å². The number of nitrogens with one attached hydrogen (secondary N) is 2. The lowest BCUT2D eigenvalue weighted by Crippen LogP contribution is -2.32. The van der Waals surface area contributed by atoms with Crippen LogP contribution >= 0.6 is 0 Å². The largest absolute Gasteiger partial charge is 0.361 e. The highest BCUT2D eigenvalue weighted by Gasteiger charge is 2.11. The third kappa shape index (κ3) is 2.96. The third-order valence-corrected chi connectivity index (χ3v) is 3.39. The minimum Gasteiger partial charge on any atom is -0.361 e. The molecule has 1 aromatic heterocycles. The number of amides is 2. The van der Waals surface area contributed by atoms with Gasteiger partial charge in [0.1, 0.15) is 0 Å². The molecule has 0 saturated heterocycles. The van der Waals surface area contributed by atoms with Crippen LogP contribution < -0.4 is 11.2 Å². The van der Waals surface area contributed by atoms with E-state index in [2.05, 4.69) is 15.5 Å². The van der Waals surface area contributed by atoms with Crippen LogP contribution in [0, 0.1) is 0 Å². The number of aromatic nitrogens is 1. The number of benzene rings is 2. The molecular weight excluding hydrogens is 292 g/mol. The van der Waals surface area contributed by atoms with Gasteiger partial charge in [-0.25, -0.2) is 5.43 Å². The van der Waals surface area contributed by atoms with Gasteiger partial charge < -0.3 is 10.7 Å². The third-order valence-electron chi connectivity index (χ3n) is 3.39. The molecule has 0 fully saturated rings. The Balaban J connectivity index is 2.05. The first kappa shape index (κ1) is 14.5. The number of hydrogen-bond acceptors (Lipinski definition) is 3. The second-order valence-electron chi connectivity index (χ2n) is 4.89. The number of carbonyl (C=O) groups excluding carboxylic acids is 2. The highest BCUT2D eigenvalue weighted by atomic mass is 16.2. The average Bonchev–Trinajstić information content (AvgIpc) is 2.94. The maximum atomic E-state index is 11.2. The molecule has 0 unspecified atom stereocenters. The number of aromatic amines is 1. The van der Waals surface area contributed by atoms with Gasteiger partial charge in [-0.2, -0.15) is 5.10 Å². The zero-order valence-corrected chi connectivity index (χ0v) is 12.1. The lowest BCUT2D eigenvalue weighted by Gasteiger charge is -2.00. The molecule has 3 rings (SSSR count). The van der Waals surface area contributed by atoms with Crippen molar-refractivity contribution in [3.05, 3.63) is 60.2 Å². The number of H-pyrrole nitrogens is 1. The van der Waals surface area contributed by atoms with E-state index in [9.17, 15) is 9.59 Å². The van der Waals surface area contributed by atoms with Crippen molar-refractivity contribution in [3.8, 4) is 11.3 Å². The number of rotatable bonds is 3. The van der Waals surface area contributed by atoms with Crippen LogP contribution in [-0.2, 0) is 9.59 Å². The maximum absolute atomic E-state index is 11.2. The van der Waals surface area contributed by atoms with Crippen LogP contribution in [0.15, 0.2) is 59.7 Å². The number of nitrogens with zero attached hydrogens (tertiary/aromatic N) is 1. The van der Waals surface area contributed by atoms with Crippen molar-refractivity contribution in [1.82, 2.24) is 10.4 Å². The lowest BCUT2D eigenvalue weighted by atomic mass is 10.1. The fraction of sp³-hybridized carbons (Fsp3) is 0. The summed E-state index contributed by atoms with van der Waals surface area (Å²) in [4.78, 5) is 25.3. The lowest BCUT2D eigenvalue weighted by molar-refractivity contribution is -0.137. The van der Waals surface area contributed by atoms with Crippen molar-refractivity contribution in [2.24, 2.45) is 10.8 Å².